The van der Waals surface area contributed by atoms with Gasteiger partial charge in [-0.2, -0.15) is 0 Å². The molecular formula is C31H23AsCl2NO+. The summed E-state index contributed by atoms with van der Waals surface area (Å²) in [5.74, 6) is -0.136. The molecule has 0 radical (unpaired) electrons. The first-order valence-electron chi connectivity index (χ1n) is 11.5. The first-order chi connectivity index (χ1) is 17.6. The molecule has 0 unspecified atom stereocenters. The van der Waals surface area contributed by atoms with Crippen LogP contribution in [-0.2, 0) is 0 Å². The quantitative estimate of drug-likeness (QED) is 0.202. The zero-order valence-electron chi connectivity index (χ0n) is 19.3. The molecule has 0 atom stereocenters. The maximum atomic E-state index is 9.94. The summed E-state index contributed by atoms with van der Waals surface area (Å²) in [6.45, 7) is 0. The van der Waals surface area contributed by atoms with Crippen LogP contribution >= 0.6 is 23.2 Å². The molecule has 1 N–H and O–H groups in total. The molecule has 0 heterocycles. The minimum absolute atomic E-state index is 0.136. The van der Waals surface area contributed by atoms with Gasteiger partial charge in [-0.05, 0) is 0 Å². The number of phenolic OH excluding ortho intramolecular Hbond substituents is 1. The van der Waals surface area contributed by atoms with Gasteiger partial charge in [0.25, 0.3) is 0 Å². The van der Waals surface area contributed by atoms with Gasteiger partial charge < -0.3 is 0 Å². The van der Waals surface area contributed by atoms with Crippen LogP contribution in [0.2, 0.25) is 10.0 Å². The second-order valence-electron chi connectivity index (χ2n) is 8.25. The van der Waals surface area contributed by atoms with Gasteiger partial charge in [-0.1, -0.05) is 0 Å². The fourth-order valence-electron chi connectivity index (χ4n) is 4.49. The molecule has 2 nitrogen and oxygen atoms in total. The Kier molecular flexibility index (Phi) is 7.30. The van der Waals surface area contributed by atoms with Gasteiger partial charge in [0.05, 0.1) is 0 Å². The average Bonchev–Trinajstić information content (AvgIpc) is 2.93. The minimum atomic E-state index is -3.20. The van der Waals surface area contributed by atoms with E-state index in [1.165, 1.54) is 17.4 Å². The van der Waals surface area contributed by atoms with Gasteiger partial charge in [0.2, 0.25) is 0 Å². The van der Waals surface area contributed by atoms with Gasteiger partial charge in [-0.25, -0.2) is 0 Å². The third-order valence-electron chi connectivity index (χ3n) is 6.08. The number of hydrogen-bond acceptors (Lipinski definition) is 2. The zero-order chi connectivity index (χ0) is 25.0. The number of benzene rings is 5. The number of hydrogen-bond donors (Lipinski definition) is 1. The number of halogens is 2. The molecule has 36 heavy (non-hydrogen) atoms. The van der Waals surface area contributed by atoms with Crippen LogP contribution in [0.15, 0.2) is 132 Å². The number of rotatable bonds is 6. The summed E-state index contributed by atoms with van der Waals surface area (Å²) in [6, 6.07) is 44.1. The number of aliphatic imine (C=N–C) groups is 1. The molecule has 0 aliphatic carbocycles. The second kappa shape index (κ2) is 10.8. The van der Waals surface area contributed by atoms with Crippen molar-refractivity contribution in [1.29, 1.82) is 0 Å². The molecule has 0 amide bonds. The standard InChI is InChI=1S/C31H22AsCl2NO/c33-29-20-27(21-30(34)31(29)36)35-22-23-12-10-11-19-28(23)32(24-13-4-1-5-14-24,25-15-6-2-7-16-25)26-17-8-3-9-18-26/h1-22H/p+1. The fourth-order valence-corrected chi connectivity index (χ4v) is 14.2. The van der Waals surface area contributed by atoms with E-state index in [0.29, 0.717) is 5.69 Å². The molecule has 0 aromatic heterocycles. The normalized spacial score (nSPS) is 11.6. The average molecular weight is 571 g/mol. The Bertz CT molecular complexity index is 1390. The van der Waals surface area contributed by atoms with Crippen molar-refractivity contribution >= 4 is 66.1 Å². The summed E-state index contributed by atoms with van der Waals surface area (Å²) in [6.07, 6.45) is 1.87. The van der Waals surface area contributed by atoms with E-state index in [9.17, 15) is 5.11 Å². The van der Waals surface area contributed by atoms with E-state index >= 15 is 0 Å². The molecule has 5 aromatic rings. The Balaban J connectivity index is 1.79. The van der Waals surface area contributed by atoms with Gasteiger partial charge in [0, 0.05) is 0 Å². The van der Waals surface area contributed by atoms with E-state index in [1.54, 1.807) is 12.1 Å². The van der Waals surface area contributed by atoms with E-state index in [1.807, 2.05) is 12.3 Å². The molecular weight excluding hydrogens is 548 g/mol. The summed E-state index contributed by atoms with van der Waals surface area (Å²) in [4.78, 5) is 4.72. The maximum absolute atomic E-state index is 9.94. The molecule has 176 valence electrons. The van der Waals surface area contributed by atoms with Crippen LogP contribution in [-0.4, -0.2) is 24.9 Å². The molecule has 0 spiro atoms. The van der Waals surface area contributed by atoms with Crippen molar-refractivity contribution in [2.24, 2.45) is 4.99 Å². The molecule has 0 fully saturated rings. The second-order valence-corrected chi connectivity index (χ2v) is 16.1. The predicted molar refractivity (Wildman–Crippen MR) is 155 cm³/mol. The van der Waals surface area contributed by atoms with Crippen LogP contribution in [0.25, 0.3) is 0 Å². The van der Waals surface area contributed by atoms with Crippen LogP contribution in [0, 0.1) is 0 Å². The van der Waals surface area contributed by atoms with Crippen LogP contribution in [0.3, 0.4) is 0 Å². The monoisotopic (exact) mass is 570 g/mol. The van der Waals surface area contributed by atoms with E-state index in [2.05, 4.69) is 109 Å². The molecule has 5 heteroatoms. The molecule has 0 saturated carbocycles. The summed E-state index contributed by atoms with van der Waals surface area (Å²) >= 11 is 9.09. The summed E-state index contributed by atoms with van der Waals surface area (Å²) in [5, 5.41) is 10.3. The van der Waals surface area contributed by atoms with Crippen molar-refractivity contribution in [3.05, 3.63) is 143 Å². The molecule has 0 aliphatic heterocycles. The number of nitrogens with zero attached hydrogens (tertiary/aromatic N) is 1. The zero-order valence-corrected chi connectivity index (χ0v) is 22.7. The van der Waals surface area contributed by atoms with E-state index < -0.39 is 13.6 Å². The Morgan fingerprint density at radius 3 is 1.47 bits per heavy atom. The first kappa shape index (κ1) is 24.4. The van der Waals surface area contributed by atoms with Gasteiger partial charge in [0.15, 0.2) is 0 Å². The molecule has 5 rings (SSSR count). The van der Waals surface area contributed by atoms with Crippen molar-refractivity contribution in [2.45, 2.75) is 0 Å². The first-order valence-corrected chi connectivity index (χ1v) is 16.0. The van der Waals surface area contributed by atoms with Crippen molar-refractivity contribution in [3.63, 3.8) is 0 Å². The summed E-state index contributed by atoms with van der Waals surface area (Å²) in [5.41, 5.74) is 1.61. The van der Waals surface area contributed by atoms with Gasteiger partial charge in [0.1, 0.15) is 0 Å². The van der Waals surface area contributed by atoms with E-state index in [-0.39, 0.29) is 15.8 Å². The molecule has 0 saturated heterocycles. The van der Waals surface area contributed by atoms with Crippen molar-refractivity contribution in [3.8, 4) is 5.75 Å². The Labute approximate surface area is 224 Å². The summed E-state index contributed by atoms with van der Waals surface area (Å²) in [7, 11) is 0. The van der Waals surface area contributed by atoms with Gasteiger partial charge in [-0.15, -0.1) is 0 Å². The summed E-state index contributed by atoms with van der Waals surface area (Å²) < 4.78 is 5.23. The van der Waals surface area contributed by atoms with Gasteiger partial charge in [-0.3, -0.25) is 0 Å². The van der Waals surface area contributed by atoms with Crippen LogP contribution < -0.4 is 17.4 Å². The third-order valence-corrected chi connectivity index (χ3v) is 15.8. The van der Waals surface area contributed by atoms with Crippen LogP contribution in [0.1, 0.15) is 5.56 Å². The Morgan fingerprint density at radius 2 is 1.00 bits per heavy atom. The van der Waals surface area contributed by atoms with Crippen molar-refractivity contribution < 1.29 is 5.11 Å². The van der Waals surface area contributed by atoms with Crippen LogP contribution in [0.5, 0.6) is 5.75 Å². The molecule has 0 bridgehead atoms. The van der Waals surface area contributed by atoms with E-state index in [4.69, 9.17) is 28.2 Å². The predicted octanol–water partition coefficient (Wildman–Crippen LogP) is 5.83. The Hall–Kier alpha value is -3.29. The van der Waals surface area contributed by atoms with Crippen molar-refractivity contribution in [2.75, 3.05) is 0 Å². The number of phenols is 1. The topological polar surface area (TPSA) is 32.6 Å². The van der Waals surface area contributed by atoms with Crippen LogP contribution in [0.4, 0.5) is 5.69 Å². The Morgan fingerprint density at radius 1 is 0.583 bits per heavy atom. The SMILES string of the molecule is Oc1c(Cl)cc(N=Cc2ccccc2[As+](c2ccccc2)(c2ccccc2)c2ccccc2)cc1Cl. The fraction of sp³-hybridized carbons (Fsp3) is 0. The number of aromatic hydroxyl groups is 1. The molecule has 5 aromatic carbocycles. The molecule has 0 aliphatic rings. The van der Waals surface area contributed by atoms with Gasteiger partial charge >= 0.3 is 225 Å². The van der Waals surface area contributed by atoms with Crippen molar-refractivity contribution in [1.82, 2.24) is 0 Å². The third kappa shape index (κ3) is 4.61. The van der Waals surface area contributed by atoms with E-state index in [0.717, 1.165) is 5.56 Å².